The number of hydrogen-bond donors (Lipinski definition) is 1. The van der Waals surface area contributed by atoms with Crippen molar-refractivity contribution >= 4 is 12.0 Å². The molecule has 0 radical (unpaired) electrons. The molecule has 0 heterocycles. The summed E-state index contributed by atoms with van der Waals surface area (Å²) in [7, 11) is 0. The highest BCUT2D eigenvalue weighted by Gasteiger charge is 2.11. The van der Waals surface area contributed by atoms with Crippen LogP contribution in [0, 0.1) is 5.82 Å². The molecule has 3 nitrogen and oxygen atoms in total. The molecule has 0 aliphatic carbocycles. The zero-order chi connectivity index (χ0) is 12.1. The Balaban J connectivity index is 3.08. The second-order valence-electron chi connectivity index (χ2n) is 2.77. The van der Waals surface area contributed by atoms with Gasteiger partial charge in [-0.3, -0.25) is 4.79 Å². The van der Waals surface area contributed by atoms with Crippen LogP contribution in [-0.2, 0) is 4.79 Å². The van der Waals surface area contributed by atoms with E-state index in [2.05, 4.69) is 4.74 Å². The molecular formula is C10H8F3NO2. The number of nitrogens with two attached hydrogens (primary N) is 1. The maximum Gasteiger partial charge on any atom is 0.387 e. The third-order valence-corrected chi connectivity index (χ3v) is 1.64. The number of ether oxygens (including phenoxy) is 1. The van der Waals surface area contributed by atoms with E-state index >= 15 is 0 Å². The lowest BCUT2D eigenvalue weighted by Crippen LogP contribution is -2.06. The first kappa shape index (κ1) is 12.1. The normalized spacial score (nSPS) is 11.0. The van der Waals surface area contributed by atoms with Crippen LogP contribution in [0.3, 0.4) is 0 Å². The van der Waals surface area contributed by atoms with Crippen molar-refractivity contribution in [2.45, 2.75) is 6.61 Å². The Hall–Kier alpha value is -1.98. The molecular weight excluding hydrogens is 223 g/mol. The maximum absolute atomic E-state index is 13.2. The van der Waals surface area contributed by atoms with Crippen molar-refractivity contribution in [1.29, 1.82) is 0 Å². The second-order valence-corrected chi connectivity index (χ2v) is 2.77. The van der Waals surface area contributed by atoms with Gasteiger partial charge in [-0.25, -0.2) is 4.39 Å². The number of alkyl halides is 2. The largest absolute Gasteiger partial charge is 0.434 e. The fourth-order valence-electron chi connectivity index (χ4n) is 1.04. The number of amides is 1. The van der Waals surface area contributed by atoms with E-state index < -0.39 is 18.3 Å². The Bertz CT molecular complexity index is 419. The van der Waals surface area contributed by atoms with Gasteiger partial charge in [-0.05, 0) is 18.2 Å². The van der Waals surface area contributed by atoms with Crippen LogP contribution >= 0.6 is 0 Å². The van der Waals surface area contributed by atoms with Crippen LogP contribution in [0.4, 0.5) is 13.2 Å². The average molecular weight is 231 g/mol. The summed E-state index contributed by atoms with van der Waals surface area (Å²) in [6.07, 6.45) is 1.84. The average Bonchev–Trinajstić information content (AvgIpc) is 2.15. The number of rotatable bonds is 4. The van der Waals surface area contributed by atoms with Gasteiger partial charge in [0.1, 0.15) is 11.6 Å². The molecule has 0 fully saturated rings. The van der Waals surface area contributed by atoms with Crippen molar-refractivity contribution in [1.82, 2.24) is 0 Å². The molecule has 1 amide bonds. The summed E-state index contributed by atoms with van der Waals surface area (Å²) in [4.78, 5) is 10.4. The standard InChI is InChI=1S/C10H8F3NO2/c11-7-2-1-3-8(16-10(12)13)6(7)4-5-9(14)15/h1-5,10H,(H2,14,15). The Labute approximate surface area is 89.3 Å². The van der Waals surface area contributed by atoms with E-state index in [-0.39, 0.29) is 11.3 Å². The predicted molar refractivity (Wildman–Crippen MR) is 51.3 cm³/mol. The number of hydrogen-bond acceptors (Lipinski definition) is 2. The molecule has 6 heteroatoms. The lowest BCUT2D eigenvalue weighted by Gasteiger charge is -2.08. The van der Waals surface area contributed by atoms with Crippen LogP contribution < -0.4 is 10.5 Å². The van der Waals surface area contributed by atoms with E-state index in [4.69, 9.17) is 5.73 Å². The molecule has 1 aromatic rings. The molecule has 0 bridgehead atoms. The van der Waals surface area contributed by atoms with Gasteiger partial charge in [0.05, 0.1) is 5.56 Å². The number of benzene rings is 1. The van der Waals surface area contributed by atoms with Gasteiger partial charge in [0.25, 0.3) is 0 Å². The van der Waals surface area contributed by atoms with Gasteiger partial charge in [0.15, 0.2) is 0 Å². The zero-order valence-corrected chi connectivity index (χ0v) is 7.99. The summed E-state index contributed by atoms with van der Waals surface area (Å²) in [5, 5.41) is 0. The third kappa shape index (κ3) is 3.30. The van der Waals surface area contributed by atoms with E-state index in [0.29, 0.717) is 0 Å². The molecule has 0 aliphatic heterocycles. The van der Waals surface area contributed by atoms with Gasteiger partial charge in [-0.1, -0.05) is 6.07 Å². The first-order chi connectivity index (χ1) is 7.50. The fourth-order valence-corrected chi connectivity index (χ4v) is 1.04. The molecule has 1 aromatic carbocycles. The van der Waals surface area contributed by atoms with Crippen molar-refractivity contribution < 1.29 is 22.7 Å². The number of primary amides is 1. The van der Waals surface area contributed by atoms with Gasteiger partial charge in [0.2, 0.25) is 5.91 Å². The molecule has 0 spiro atoms. The minimum atomic E-state index is -3.07. The number of carbonyl (C=O) groups is 1. The van der Waals surface area contributed by atoms with Gasteiger partial charge < -0.3 is 10.5 Å². The number of carbonyl (C=O) groups excluding carboxylic acids is 1. The third-order valence-electron chi connectivity index (χ3n) is 1.64. The van der Waals surface area contributed by atoms with Crippen LogP contribution in [-0.4, -0.2) is 12.5 Å². The number of halogens is 3. The molecule has 86 valence electrons. The molecule has 0 saturated heterocycles. The smallest absolute Gasteiger partial charge is 0.387 e. The molecule has 0 saturated carbocycles. The van der Waals surface area contributed by atoms with Gasteiger partial charge in [0, 0.05) is 6.08 Å². The molecule has 0 aromatic heterocycles. The summed E-state index contributed by atoms with van der Waals surface area (Å²) in [5.41, 5.74) is 4.56. The summed E-state index contributed by atoms with van der Waals surface area (Å²) in [6, 6.07) is 3.43. The van der Waals surface area contributed by atoms with E-state index in [1.54, 1.807) is 0 Å². The summed E-state index contributed by atoms with van der Waals surface area (Å²) in [6.45, 7) is -3.07. The highest BCUT2D eigenvalue weighted by atomic mass is 19.3. The van der Waals surface area contributed by atoms with Crippen LogP contribution in [0.2, 0.25) is 0 Å². The summed E-state index contributed by atoms with van der Waals surface area (Å²) < 4.78 is 41.2. The SMILES string of the molecule is NC(=O)C=Cc1c(F)cccc1OC(F)F. The molecule has 1 rings (SSSR count). The molecule has 2 N–H and O–H groups in total. The Morgan fingerprint density at radius 3 is 2.69 bits per heavy atom. The lowest BCUT2D eigenvalue weighted by atomic mass is 10.1. The first-order valence-electron chi connectivity index (χ1n) is 4.21. The second kappa shape index (κ2) is 5.20. The highest BCUT2D eigenvalue weighted by Crippen LogP contribution is 2.24. The van der Waals surface area contributed by atoms with Gasteiger partial charge >= 0.3 is 6.61 Å². The lowest BCUT2D eigenvalue weighted by molar-refractivity contribution is -0.113. The predicted octanol–water partition coefficient (Wildman–Crippen LogP) is 1.93. The summed E-state index contributed by atoms with van der Waals surface area (Å²) >= 11 is 0. The van der Waals surface area contributed by atoms with E-state index in [9.17, 15) is 18.0 Å². The van der Waals surface area contributed by atoms with Crippen molar-refractivity contribution in [2.24, 2.45) is 5.73 Å². The Kier molecular flexibility index (Phi) is 3.93. The first-order valence-corrected chi connectivity index (χ1v) is 4.21. The topological polar surface area (TPSA) is 52.3 Å². The minimum absolute atomic E-state index is 0.249. The Morgan fingerprint density at radius 2 is 2.12 bits per heavy atom. The van der Waals surface area contributed by atoms with Crippen LogP contribution in [0.1, 0.15) is 5.56 Å². The van der Waals surface area contributed by atoms with Crippen LogP contribution in [0.15, 0.2) is 24.3 Å². The Morgan fingerprint density at radius 1 is 1.44 bits per heavy atom. The van der Waals surface area contributed by atoms with Crippen molar-refractivity contribution in [2.75, 3.05) is 0 Å². The van der Waals surface area contributed by atoms with Crippen molar-refractivity contribution in [3.8, 4) is 5.75 Å². The van der Waals surface area contributed by atoms with Crippen LogP contribution in [0.5, 0.6) is 5.75 Å². The van der Waals surface area contributed by atoms with Crippen molar-refractivity contribution in [3.63, 3.8) is 0 Å². The molecule has 0 aliphatic rings. The van der Waals surface area contributed by atoms with E-state index in [1.807, 2.05) is 0 Å². The molecule has 16 heavy (non-hydrogen) atoms. The zero-order valence-electron chi connectivity index (χ0n) is 7.99. The van der Waals surface area contributed by atoms with E-state index in [1.165, 1.54) is 6.07 Å². The fraction of sp³-hybridized carbons (Fsp3) is 0.100. The van der Waals surface area contributed by atoms with Gasteiger partial charge in [-0.15, -0.1) is 0 Å². The van der Waals surface area contributed by atoms with E-state index in [0.717, 1.165) is 24.3 Å². The molecule has 0 unspecified atom stereocenters. The maximum atomic E-state index is 13.2. The molecule has 0 atom stereocenters. The minimum Gasteiger partial charge on any atom is -0.434 e. The highest BCUT2D eigenvalue weighted by molar-refractivity contribution is 5.90. The van der Waals surface area contributed by atoms with Crippen molar-refractivity contribution in [3.05, 3.63) is 35.7 Å². The quantitative estimate of drug-likeness (QED) is 0.805. The summed E-state index contributed by atoms with van der Waals surface area (Å²) in [5.74, 6) is -1.95. The van der Waals surface area contributed by atoms with Crippen LogP contribution in [0.25, 0.3) is 6.08 Å². The monoisotopic (exact) mass is 231 g/mol. The van der Waals surface area contributed by atoms with Gasteiger partial charge in [-0.2, -0.15) is 8.78 Å².